The smallest absolute Gasteiger partial charge is 0.362 e. The van der Waals surface area contributed by atoms with E-state index in [2.05, 4.69) is 20.9 Å². The number of nitrogen functional groups attached to an aromatic ring is 1. The van der Waals surface area contributed by atoms with E-state index in [1.54, 1.807) is 6.92 Å². The Morgan fingerprint density at radius 3 is 2.95 bits per heavy atom. The number of nitrogens with zero attached hydrogens (tertiary/aromatic N) is 1. The zero-order valence-electron chi connectivity index (χ0n) is 10.6. The summed E-state index contributed by atoms with van der Waals surface area (Å²) in [6, 6.07) is 5.73. The molecular weight excluding hydrogens is 312 g/mol. The normalized spacial score (nSPS) is 10.5. The van der Waals surface area contributed by atoms with E-state index in [4.69, 9.17) is 14.9 Å². The summed E-state index contributed by atoms with van der Waals surface area (Å²) in [6.45, 7) is 3.93. The van der Waals surface area contributed by atoms with Gasteiger partial charge in [0.2, 0.25) is 17.5 Å². The van der Waals surface area contributed by atoms with Crippen LogP contribution < -0.4 is 5.73 Å². The van der Waals surface area contributed by atoms with E-state index in [0.29, 0.717) is 0 Å². The molecule has 0 aliphatic carbocycles. The quantitative estimate of drug-likeness (QED) is 0.877. The van der Waals surface area contributed by atoms with Crippen LogP contribution in [0.2, 0.25) is 0 Å². The van der Waals surface area contributed by atoms with Crippen LogP contribution in [0.5, 0.6) is 0 Å². The molecule has 0 fully saturated rings. The van der Waals surface area contributed by atoms with E-state index in [-0.39, 0.29) is 24.1 Å². The van der Waals surface area contributed by atoms with Gasteiger partial charge in [0.05, 0.1) is 12.2 Å². The molecule has 0 aliphatic rings. The highest BCUT2D eigenvalue weighted by Gasteiger charge is 2.21. The van der Waals surface area contributed by atoms with Crippen molar-refractivity contribution in [2.24, 2.45) is 0 Å². The molecule has 1 heterocycles. The second-order valence-corrected chi connectivity index (χ2v) is 4.79. The molecule has 1 aromatic carbocycles. The maximum absolute atomic E-state index is 11.6. The Kier molecular flexibility index (Phi) is 3.90. The third-order valence-electron chi connectivity index (χ3n) is 2.47. The molecule has 1 aromatic heterocycles. The van der Waals surface area contributed by atoms with Gasteiger partial charge in [0.15, 0.2) is 0 Å². The molecule has 0 saturated heterocycles. The first kappa shape index (κ1) is 13.6. The Labute approximate surface area is 118 Å². The molecule has 0 radical (unpaired) electrons. The van der Waals surface area contributed by atoms with Gasteiger partial charge >= 0.3 is 5.97 Å². The molecule has 2 rings (SSSR count). The van der Waals surface area contributed by atoms with Gasteiger partial charge in [-0.25, -0.2) is 4.79 Å². The number of carbonyl (C=O) groups is 1. The van der Waals surface area contributed by atoms with Crippen LogP contribution in [0.15, 0.2) is 27.1 Å². The van der Waals surface area contributed by atoms with Crippen LogP contribution in [0.4, 0.5) is 5.88 Å². The number of esters is 1. The van der Waals surface area contributed by atoms with Gasteiger partial charge in [-0.05, 0) is 41.9 Å². The minimum absolute atomic E-state index is 0.00487. The summed E-state index contributed by atoms with van der Waals surface area (Å²) in [5, 5.41) is 0. The van der Waals surface area contributed by atoms with E-state index in [1.165, 1.54) is 0 Å². The lowest BCUT2D eigenvalue weighted by molar-refractivity contribution is 0.0521. The van der Waals surface area contributed by atoms with E-state index < -0.39 is 5.97 Å². The van der Waals surface area contributed by atoms with Crippen molar-refractivity contribution in [2.75, 3.05) is 12.3 Å². The van der Waals surface area contributed by atoms with Crippen molar-refractivity contribution in [1.29, 1.82) is 0 Å². The van der Waals surface area contributed by atoms with Gasteiger partial charge in [-0.15, -0.1) is 0 Å². The van der Waals surface area contributed by atoms with Crippen molar-refractivity contribution in [3.05, 3.63) is 33.9 Å². The molecule has 0 aliphatic heterocycles. The van der Waals surface area contributed by atoms with E-state index in [0.717, 1.165) is 15.6 Å². The van der Waals surface area contributed by atoms with Crippen molar-refractivity contribution in [2.45, 2.75) is 13.8 Å². The summed E-state index contributed by atoms with van der Waals surface area (Å²) < 4.78 is 11.0. The predicted molar refractivity (Wildman–Crippen MR) is 74.7 cm³/mol. The lowest BCUT2D eigenvalue weighted by Crippen LogP contribution is -2.07. The average Bonchev–Trinajstić information content (AvgIpc) is 2.74. The molecule has 5 nitrogen and oxygen atoms in total. The van der Waals surface area contributed by atoms with Gasteiger partial charge in [0.25, 0.3) is 0 Å². The zero-order chi connectivity index (χ0) is 14.0. The Balaban J connectivity index is 2.44. The van der Waals surface area contributed by atoms with Crippen molar-refractivity contribution in [1.82, 2.24) is 4.98 Å². The molecule has 2 aromatic rings. The van der Waals surface area contributed by atoms with E-state index >= 15 is 0 Å². The van der Waals surface area contributed by atoms with Gasteiger partial charge < -0.3 is 14.9 Å². The number of oxazole rings is 1. The molecule has 6 heteroatoms. The first-order chi connectivity index (χ1) is 9.02. The second-order valence-electron chi connectivity index (χ2n) is 3.94. The highest BCUT2D eigenvalue weighted by Crippen LogP contribution is 2.31. The molecule has 19 heavy (non-hydrogen) atoms. The molecule has 0 spiro atoms. The first-order valence-electron chi connectivity index (χ1n) is 5.73. The monoisotopic (exact) mass is 324 g/mol. The van der Waals surface area contributed by atoms with E-state index in [9.17, 15) is 4.79 Å². The lowest BCUT2D eigenvalue weighted by Gasteiger charge is -2.00. The number of aryl methyl sites for hydroxylation is 1. The maximum atomic E-state index is 11.6. The van der Waals surface area contributed by atoms with Crippen LogP contribution in [0, 0.1) is 6.92 Å². The van der Waals surface area contributed by atoms with Crippen LogP contribution in [0.25, 0.3) is 11.5 Å². The van der Waals surface area contributed by atoms with Gasteiger partial charge in [-0.1, -0.05) is 11.6 Å². The van der Waals surface area contributed by atoms with Crippen LogP contribution in [-0.2, 0) is 4.74 Å². The van der Waals surface area contributed by atoms with Crippen LogP contribution in [0.3, 0.4) is 0 Å². The topological polar surface area (TPSA) is 78.3 Å². The number of halogens is 1. The Bertz CT molecular complexity index is 622. The summed E-state index contributed by atoms with van der Waals surface area (Å²) >= 11 is 3.41. The van der Waals surface area contributed by atoms with Crippen LogP contribution >= 0.6 is 15.9 Å². The molecule has 0 atom stereocenters. The van der Waals surface area contributed by atoms with Crippen molar-refractivity contribution >= 4 is 27.8 Å². The summed E-state index contributed by atoms with van der Waals surface area (Å²) in [4.78, 5) is 15.7. The highest BCUT2D eigenvalue weighted by atomic mass is 79.9. The lowest BCUT2D eigenvalue weighted by atomic mass is 10.1. The van der Waals surface area contributed by atoms with Gasteiger partial charge in [-0.2, -0.15) is 4.98 Å². The molecular formula is C13H13BrN2O3. The number of carbonyl (C=O) groups excluding carboxylic acids is 1. The SMILES string of the molecule is CCOC(=O)c1nc(-c2cc(C)ccc2Br)oc1N. The second kappa shape index (κ2) is 5.44. The molecule has 2 N–H and O–H groups in total. The summed E-state index contributed by atoms with van der Waals surface area (Å²) in [5.41, 5.74) is 7.44. The molecule has 0 unspecified atom stereocenters. The minimum Gasteiger partial charge on any atom is -0.461 e. The Morgan fingerprint density at radius 2 is 2.26 bits per heavy atom. The zero-order valence-corrected chi connectivity index (χ0v) is 12.2. The van der Waals surface area contributed by atoms with Crippen molar-refractivity contribution < 1.29 is 13.9 Å². The third kappa shape index (κ3) is 2.78. The summed E-state index contributed by atoms with van der Waals surface area (Å²) in [6.07, 6.45) is 0. The van der Waals surface area contributed by atoms with Crippen LogP contribution in [0.1, 0.15) is 23.0 Å². The first-order valence-corrected chi connectivity index (χ1v) is 6.52. The fourth-order valence-corrected chi connectivity index (χ4v) is 2.01. The molecule has 100 valence electrons. The number of ether oxygens (including phenoxy) is 1. The van der Waals surface area contributed by atoms with Gasteiger partial charge in [0, 0.05) is 4.47 Å². The fourth-order valence-electron chi connectivity index (χ4n) is 1.60. The Hall–Kier alpha value is -1.82. The number of aromatic nitrogens is 1. The van der Waals surface area contributed by atoms with E-state index in [1.807, 2.05) is 25.1 Å². The molecule has 0 amide bonds. The van der Waals surface area contributed by atoms with Crippen molar-refractivity contribution in [3.8, 4) is 11.5 Å². The van der Waals surface area contributed by atoms with Gasteiger partial charge in [-0.3, -0.25) is 0 Å². The number of anilines is 1. The summed E-state index contributed by atoms with van der Waals surface area (Å²) in [5.74, 6) is -0.336. The highest BCUT2D eigenvalue weighted by molar-refractivity contribution is 9.10. The summed E-state index contributed by atoms with van der Waals surface area (Å²) in [7, 11) is 0. The molecule has 0 bridgehead atoms. The van der Waals surface area contributed by atoms with Crippen molar-refractivity contribution in [3.63, 3.8) is 0 Å². The number of nitrogens with two attached hydrogens (primary N) is 1. The minimum atomic E-state index is -0.584. The maximum Gasteiger partial charge on any atom is 0.362 e. The molecule has 0 saturated carbocycles. The third-order valence-corrected chi connectivity index (χ3v) is 3.17. The standard InChI is InChI=1S/C13H13BrN2O3/c1-3-18-13(17)10-11(15)19-12(16-10)8-6-7(2)4-5-9(8)14/h4-6H,3,15H2,1-2H3. The van der Waals surface area contributed by atoms with Gasteiger partial charge in [0.1, 0.15) is 0 Å². The number of rotatable bonds is 3. The average molecular weight is 325 g/mol. The number of hydrogen-bond acceptors (Lipinski definition) is 5. The van der Waals surface area contributed by atoms with Crippen LogP contribution in [-0.4, -0.2) is 17.6 Å². The number of hydrogen-bond donors (Lipinski definition) is 1. The Morgan fingerprint density at radius 1 is 1.53 bits per heavy atom. The fraction of sp³-hybridized carbons (Fsp3) is 0.231. The number of benzene rings is 1. The predicted octanol–water partition coefficient (Wildman–Crippen LogP) is 3.17. The largest absolute Gasteiger partial charge is 0.461 e.